The molecule has 0 aliphatic carbocycles. The van der Waals surface area contributed by atoms with Crippen molar-refractivity contribution in [2.45, 2.75) is 0 Å². The summed E-state index contributed by atoms with van der Waals surface area (Å²) in [4.78, 5) is 19.9. The highest BCUT2D eigenvalue weighted by atomic mass is 16.5. The third-order valence-electron chi connectivity index (χ3n) is 6.08. The minimum atomic E-state index is -0.0947. The van der Waals surface area contributed by atoms with Gasteiger partial charge in [0.15, 0.2) is 11.5 Å². The molecule has 0 unspecified atom stereocenters. The maximum atomic E-state index is 12.9. The van der Waals surface area contributed by atoms with Gasteiger partial charge in [-0.15, -0.1) is 0 Å². The number of benzene rings is 1. The zero-order valence-corrected chi connectivity index (χ0v) is 16.6. The van der Waals surface area contributed by atoms with Crippen molar-refractivity contribution in [1.29, 1.82) is 0 Å². The third kappa shape index (κ3) is 3.11. The van der Waals surface area contributed by atoms with Gasteiger partial charge in [-0.25, -0.2) is 4.98 Å². The first-order chi connectivity index (χ1) is 14.2. The summed E-state index contributed by atoms with van der Waals surface area (Å²) >= 11 is 0. The maximum Gasteiger partial charge on any atom is 0.258 e. The van der Waals surface area contributed by atoms with Gasteiger partial charge in [-0.1, -0.05) is 0 Å². The summed E-state index contributed by atoms with van der Waals surface area (Å²) in [6, 6.07) is 11.1. The molecular formula is C22H24N4O3. The second-order valence-corrected chi connectivity index (χ2v) is 7.75. The molecule has 0 amide bonds. The molecule has 7 nitrogen and oxygen atoms in total. The molecule has 1 N–H and O–H groups in total. The number of methoxy groups -OCH3 is 2. The van der Waals surface area contributed by atoms with E-state index in [0.29, 0.717) is 34.7 Å². The second kappa shape index (κ2) is 7.08. The maximum absolute atomic E-state index is 12.9. The van der Waals surface area contributed by atoms with Crippen LogP contribution in [0.25, 0.3) is 16.9 Å². The molecule has 5 rings (SSSR count). The minimum Gasteiger partial charge on any atom is -0.493 e. The minimum absolute atomic E-state index is 0.0947. The lowest BCUT2D eigenvalue weighted by atomic mass is 10.0. The highest BCUT2D eigenvalue weighted by molar-refractivity contribution is 5.66. The van der Waals surface area contributed by atoms with E-state index < -0.39 is 0 Å². The molecule has 0 saturated carbocycles. The summed E-state index contributed by atoms with van der Waals surface area (Å²) in [5.74, 6) is 2.65. The molecular weight excluding hydrogens is 368 g/mol. The quantitative estimate of drug-likeness (QED) is 0.733. The topological polar surface area (TPSA) is 68.1 Å². The fourth-order valence-electron chi connectivity index (χ4n) is 4.49. The Morgan fingerprint density at radius 2 is 1.76 bits per heavy atom. The number of aromatic nitrogens is 2. The van der Waals surface area contributed by atoms with Gasteiger partial charge in [-0.05, 0) is 42.2 Å². The van der Waals surface area contributed by atoms with Gasteiger partial charge in [0, 0.05) is 44.0 Å². The summed E-state index contributed by atoms with van der Waals surface area (Å²) in [7, 11) is 3.19. The molecule has 4 heterocycles. The fourth-order valence-corrected chi connectivity index (χ4v) is 4.49. The molecule has 0 bridgehead atoms. The third-order valence-corrected chi connectivity index (χ3v) is 6.08. The van der Waals surface area contributed by atoms with Gasteiger partial charge in [0.25, 0.3) is 5.56 Å². The summed E-state index contributed by atoms with van der Waals surface area (Å²) < 4.78 is 12.3. The van der Waals surface area contributed by atoms with Gasteiger partial charge in [-0.3, -0.25) is 9.20 Å². The van der Waals surface area contributed by atoms with Crippen molar-refractivity contribution in [3.05, 3.63) is 52.9 Å². The van der Waals surface area contributed by atoms with Crippen LogP contribution in [0.2, 0.25) is 0 Å². The lowest BCUT2D eigenvalue weighted by Gasteiger charge is -2.20. The van der Waals surface area contributed by atoms with Crippen LogP contribution in [-0.4, -0.2) is 49.8 Å². The van der Waals surface area contributed by atoms with E-state index in [1.165, 1.54) is 0 Å². The molecule has 2 atom stereocenters. The summed E-state index contributed by atoms with van der Waals surface area (Å²) in [5.41, 5.74) is 3.04. The SMILES string of the molecule is COc1ccc(-c2cc(=O)n3cc(N4C[C@H]5CNC[C@H]5C4)ccc3n2)cc1OC. The van der Waals surface area contributed by atoms with E-state index in [1.807, 2.05) is 30.5 Å². The van der Waals surface area contributed by atoms with E-state index in [4.69, 9.17) is 14.5 Å². The van der Waals surface area contributed by atoms with Crippen molar-refractivity contribution in [2.24, 2.45) is 11.8 Å². The Kier molecular flexibility index (Phi) is 4.39. The molecule has 2 saturated heterocycles. The fraction of sp³-hybridized carbons (Fsp3) is 0.364. The smallest absolute Gasteiger partial charge is 0.258 e. The van der Waals surface area contributed by atoms with E-state index in [1.54, 1.807) is 24.7 Å². The number of nitrogens with one attached hydrogen (secondary N) is 1. The van der Waals surface area contributed by atoms with E-state index in [0.717, 1.165) is 37.4 Å². The van der Waals surface area contributed by atoms with Crippen LogP contribution < -0.4 is 25.2 Å². The summed E-state index contributed by atoms with van der Waals surface area (Å²) in [5, 5.41) is 3.46. The average Bonchev–Trinajstić information content (AvgIpc) is 3.35. The first kappa shape index (κ1) is 18.0. The summed E-state index contributed by atoms with van der Waals surface area (Å²) in [6.07, 6.45) is 1.91. The Labute approximate surface area is 168 Å². The Morgan fingerprint density at radius 3 is 2.48 bits per heavy atom. The van der Waals surface area contributed by atoms with Crippen LogP contribution in [0, 0.1) is 11.8 Å². The van der Waals surface area contributed by atoms with Crippen molar-refractivity contribution in [2.75, 3.05) is 45.3 Å². The average molecular weight is 392 g/mol. The molecule has 2 aromatic heterocycles. The number of pyridine rings is 1. The monoisotopic (exact) mass is 392 g/mol. The lowest BCUT2D eigenvalue weighted by molar-refractivity contribution is 0.355. The van der Waals surface area contributed by atoms with Crippen molar-refractivity contribution in [1.82, 2.24) is 14.7 Å². The molecule has 2 aliphatic rings. The van der Waals surface area contributed by atoms with Gasteiger partial charge >= 0.3 is 0 Å². The van der Waals surface area contributed by atoms with Gasteiger partial charge in [0.2, 0.25) is 0 Å². The zero-order chi connectivity index (χ0) is 20.0. The van der Waals surface area contributed by atoms with Crippen LogP contribution in [0.3, 0.4) is 0 Å². The molecule has 0 radical (unpaired) electrons. The van der Waals surface area contributed by atoms with E-state index in [9.17, 15) is 4.79 Å². The van der Waals surface area contributed by atoms with E-state index in [-0.39, 0.29) is 5.56 Å². The van der Waals surface area contributed by atoms with Crippen LogP contribution in [0.5, 0.6) is 11.5 Å². The summed E-state index contributed by atoms with van der Waals surface area (Å²) in [6.45, 7) is 4.25. The second-order valence-electron chi connectivity index (χ2n) is 7.75. The van der Waals surface area contributed by atoms with Crippen molar-refractivity contribution in [3.8, 4) is 22.8 Å². The Bertz CT molecular complexity index is 1110. The highest BCUT2D eigenvalue weighted by Crippen LogP contribution is 2.32. The number of nitrogens with zero attached hydrogens (tertiary/aromatic N) is 3. The van der Waals surface area contributed by atoms with Gasteiger partial charge in [0.05, 0.1) is 25.6 Å². The Hall–Kier alpha value is -3.06. The molecule has 3 aromatic rings. The lowest BCUT2D eigenvalue weighted by Crippen LogP contribution is -2.26. The first-order valence-corrected chi connectivity index (χ1v) is 9.88. The van der Waals surface area contributed by atoms with Gasteiger partial charge in [0.1, 0.15) is 5.65 Å². The van der Waals surface area contributed by atoms with Crippen molar-refractivity contribution >= 4 is 11.3 Å². The number of anilines is 1. The standard InChI is InChI=1S/C22H24N4O3/c1-28-19-5-3-14(7-20(19)29-2)18-8-22(27)26-13-17(4-6-21(26)24-18)25-11-15-9-23-10-16(15)12-25/h3-8,13,15-16,23H,9-12H2,1-2H3/t15-,16+. The van der Waals surface area contributed by atoms with E-state index in [2.05, 4.69) is 16.3 Å². The van der Waals surface area contributed by atoms with Crippen molar-refractivity contribution in [3.63, 3.8) is 0 Å². The molecule has 29 heavy (non-hydrogen) atoms. The Morgan fingerprint density at radius 1 is 1.00 bits per heavy atom. The predicted octanol–water partition coefficient (Wildman–Crippen LogP) is 2.03. The van der Waals surface area contributed by atoms with Crippen LogP contribution in [0.1, 0.15) is 0 Å². The zero-order valence-electron chi connectivity index (χ0n) is 16.6. The number of rotatable bonds is 4. The number of ether oxygens (including phenoxy) is 2. The normalized spacial score (nSPS) is 20.8. The number of fused-ring (bicyclic) bond motifs is 2. The molecule has 0 spiro atoms. The number of hydrogen-bond donors (Lipinski definition) is 1. The van der Waals surface area contributed by atoms with Gasteiger partial charge < -0.3 is 19.7 Å². The Balaban J connectivity index is 1.50. The molecule has 2 aliphatic heterocycles. The highest BCUT2D eigenvalue weighted by Gasteiger charge is 2.36. The molecule has 2 fully saturated rings. The predicted molar refractivity (Wildman–Crippen MR) is 112 cm³/mol. The van der Waals surface area contributed by atoms with Crippen LogP contribution in [0.15, 0.2) is 47.4 Å². The van der Waals surface area contributed by atoms with Crippen molar-refractivity contribution < 1.29 is 9.47 Å². The number of hydrogen-bond acceptors (Lipinski definition) is 6. The molecule has 7 heteroatoms. The molecule has 150 valence electrons. The van der Waals surface area contributed by atoms with Crippen LogP contribution in [-0.2, 0) is 0 Å². The molecule has 1 aromatic carbocycles. The van der Waals surface area contributed by atoms with Crippen LogP contribution in [0.4, 0.5) is 5.69 Å². The van der Waals surface area contributed by atoms with Crippen LogP contribution >= 0.6 is 0 Å². The van der Waals surface area contributed by atoms with Gasteiger partial charge in [-0.2, -0.15) is 0 Å². The largest absolute Gasteiger partial charge is 0.493 e. The van der Waals surface area contributed by atoms with E-state index >= 15 is 0 Å². The first-order valence-electron chi connectivity index (χ1n) is 9.88.